The second-order valence-electron chi connectivity index (χ2n) is 4.03. The van der Waals surface area contributed by atoms with Crippen LogP contribution in [0.1, 0.15) is 16.8 Å². The summed E-state index contributed by atoms with van der Waals surface area (Å²) in [5.74, 6) is 0.656. The Kier molecular flexibility index (Phi) is 3.44. The van der Waals surface area contributed by atoms with Crippen LogP contribution in [0.15, 0.2) is 36.4 Å². The molecule has 0 amide bonds. The fraction of sp³-hybridized carbons (Fsp3) is 0.143. The van der Waals surface area contributed by atoms with Crippen molar-refractivity contribution in [1.29, 1.82) is 5.26 Å². The number of aromatic nitrogens is 1. The van der Waals surface area contributed by atoms with Crippen molar-refractivity contribution < 1.29 is 0 Å². The molecule has 1 heterocycles. The zero-order chi connectivity index (χ0) is 13.0. The number of nitrogen functional groups attached to an aromatic ring is 1. The first-order valence-electron chi connectivity index (χ1n) is 5.65. The molecule has 1 aromatic heterocycles. The van der Waals surface area contributed by atoms with Gasteiger partial charge in [0.25, 0.3) is 0 Å². The lowest BCUT2D eigenvalue weighted by molar-refractivity contribution is 1.08. The monoisotopic (exact) mass is 238 g/mol. The Morgan fingerprint density at radius 3 is 2.78 bits per heavy atom. The highest BCUT2D eigenvalue weighted by Gasteiger charge is 2.02. The summed E-state index contributed by atoms with van der Waals surface area (Å²) in [6, 6.07) is 13.6. The van der Waals surface area contributed by atoms with E-state index < -0.39 is 0 Å². The minimum atomic E-state index is 0.254. The topological polar surface area (TPSA) is 74.7 Å². The summed E-state index contributed by atoms with van der Waals surface area (Å²) in [6.45, 7) is 2.74. The molecule has 0 saturated carbocycles. The van der Waals surface area contributed by atoms with Crippen LogP contribution in [0, 0.1) is 18.3 Å². The summed E-state index contributed by atoms with van der Waals surface area (Å²) >= 11 is 0. The highest BCUT2D eigenvalue weighted by atomic mass is 15.0. The smallest absolute Gasteiger partial charge is 0.165 e. The van der Waals surface area contributed by atoms with Crippen LogP contribution in [-0.4, -0.2) is 4.98 Å². The maximum atomic E-state index is 8.85. The lowest BCUT2D eigenvalue weighted by atomic mass is 10.1. The van der Waals surface area contributed by atoms with Gasteiger partial charge in [0.1, 0.15) is 11.9 Å². The SMILES string of the molecule is Cc1ccccc1CNc1ccc(N)c(C#N)n1. The van der Waals surface area contributed by atoms with Crippen molar-refractivity contribution >= 4 is 11.5 Å². The maximum Gasteiger partial charge on any atom is 0.165 e. The van der Waals surface area contributed by atoms with Crippen LogP contribution in [0.5, 0.6) is 0 Å². The molecule has 0 fully saturated rings. The van der Waals surface area contributed by atoms with Gasteiger partial charge in [-0.2, -0.15) is 5.26 Å². The highest BCUT2D eigenvalue weighted by molar-refractivity contribution is 5.54. The number of benzene rings is 1. The number of hydrogen-bond donors (Lipinski definition) is 2. The van der Waals surface area contributed by atoms with Gasteiger partial charge >= 0.3 is 0 Å². The maximum absolute atomic E-state index is 8.85. The Hall–Kier alpha value is -2.54. The first-order valence-corrected chi connectivity index (χ1v) is 5.65. The molecule has 3 N–H and O–H groups in total. The van der Waals surface area contributed by atoms with Crippen LogP contribution in [0.4, 0.5) is 11.5 Å². The van der Waals surface area contributed by atoms with Crippen molar-refractivity contribution in [3.63, 3.8) is 0 Å². The highest BCUT2D eigenvalue weighted by Crippen LogP contribution is 2.14. The predicted octanol–water partition coefficient (Wildman–Crippen LogP) is 2.46. The summed E-state index contributed by atoms with van der Waals surface area (Å²) < 4.78 is 0. The van der Waals surface area contributed by atoms with E-state index in [4.69, 9.17) is 11.0 Å². The normalized spacial score (nSPS) is 9.78. The summed E-state index contributed by atoms with van der Waals surface area (Å²) in [4.78, 5) is 4.14. The number of nitrogens with one attached hydrogen (secondary N) is 1. The Labute approximate surface area is 106 Å². The molecule has 0 radical (unpaired) electrons. The minimum absolute atomic E-state index is 0.254. The molecule has 4 heteroatoms. The number of aryl methyl sites for hydroxylation is 1. The van der Waals surface area contributed by atoms with E-state index in [0.717, 1.165) is 0 Å². The van der Waals surface area contributed by atoms with Crippen molar-refractivity contribution in [3.05, 3.63) is 53.2 Å². The molecule has 0 atom stereocenters. The van der Waals surface area contributed by atoms with Gasteiger partial charge in [0.05, 0.1) is 5.69 Å². The van der Waals surface area contributed by atoms with E-state index in [0.29, 0.717) is 18.1 Å². The van der Waals surface area contributed by atoms with Gasteiger partial charge in [-0.15, -0.1) is 0 Å². The van der Waals surface area contributed by atoms with Gasteiger partial charge in [-0.1, -0.05) is 24.3 Å². The van der Waals surface area contributed by atoms with Gasteiger partial charge in [-0.25, -0.2) is 4.98 Å². The molecule has 2 rings (SSSR count). The number of nitrogens with zero attached hydrogens (tertiary/aromatic N) is 2. The fourth-order valence-corrected chi connectivity index (χ4v) is 1.65. The van der Waals surface area contributed by atoms with E-state index in [2.05, 4.69) is 29.4 Å². The fourth-order valence-electron chi connectivity index (χ4n) is 1.65. The molecule has 0 aliphatic carbocycles. The Morgan fingerprint density at radius 1 is 1.28 bits per heavy atom. The van der Waals surface area contributed by atoms with Gasteiger partial charge in [0.2, 0.25) is 0 Å². The molecule has 0 aliphatic rings. The summed E-state index contributed by atoms with van der Waals surface area (Å²) in [7, 11) is 0. The largest absolute Gasteiger partial charge is 0.396 e. The predicted molar refractivity (Wildman–Crippen MR) is 71.9 cm³/mol. The van der Waals surface area contributed by atoms with E-state index in [-0.39, 0.29) is 5.69 Å². The lowest BCUT2D eigenvalue weighted by Gasteiger charge is -2.08. The van der Waals surface area contributed by atoms with Crippen molar-refractivity contribution in [2.45, 2.75) is 13.5 Å². The molecule has 0 spiro atoms. The summed E-state index contributed by atoms with van der Waals surface area (Å²) in [5.41, 5.74) is 8.70. The number of anilines is 2. The molecule has 0 unspecified atom stereocenters. The Balaban J connectivity index is 2.12. The van der Waals surface area contributed by atoms with Gasteiger partial charge in [-0.3, -0.25) is 0 Å². The van der Waals surface area contributed by atoms with Crippen molar-refractivity contribution in [2.24, 2.45) is 0 Å². The van der Waals surface area contributed by atoms with Gasteiger partial charge in [0.15, 0.2) is 5.69 Å². The molecule has 0 aliphatic heterocycles. The second-order valence-corrected chi connectivity index (χ2v) is 4.03. The van der Waals surface area contributed by atoms with Crippen LogP contribution in [0.2, 0.25) is 0 Å². The molecular formula is C14H14N4. The van der Waals surface area contributed by atoms with E-state index in [1.807, 2.05) is 18.2 Å². The number of rotatable bonds is 3. The molecule has 0 saturated heterocycles. The average molecular weight is 238 g/mol. The van der Waals surface area contributed by atoms with E-state index in [1.165, 1.54) is 11.1 Å². The van der Waals surface area contributed by atoms with Gasteiger partial charge in [0, 0.05) is 6.54 Å². The first-order chi connectivity index (χ1) is 8.70. The second kappa shape index (κ2) is 5.19. The number of pyridine rings is 1. The molecule has 4 nitrogen and oxygen atoms in total. The third-order valence-electron chi connectivity index (χ3n) is 2.75. The molecule has 0 bridgehead atoms. The summed E-state index contributed by atoms with van der Waals surface area (Å²) in [5, 5.41) is 12.0. The van der Waals surface area contributed by atoms with Crippen molar-refractivity contribution in [3.8, 4) is 6.07 Å². The van der Waals surface area contributed by atoms with Gasteiger partial charge in [-0.05, 0) is 30.2 Å². The number of hydrogen-bond acceptors (Lipinski definition) is 4. The Morgan fingerprint density at radius 2 is 2.06 bits per heavy atom. The third-order valence-corrected chi connectivity index (χ3v) is 2.75. The van der Waals surface area contributed by atoms with Gasteiger partial charge < -0.3 is 11.1 Å². The minimum Gasteiger partial charge on any atom is -0.396 e. The molecule has 18 heavy (non-hydrogen) atoms. The quantitative estimate of drug-likeness (QED) is 0.861. The lowest BCUT2D eigenvalue weighted by Crippen LogP contribution is -2.04. The molecule has 90 valence electrons. The van der Waals surface area contributed by atoms with Crippen LogP contribution >= 0.6 is 0 Å². The standard InChI is InChI=1S/C14H14N4/c1-10-4-2-3-5-11(10)9-17-14-7-6-12(16)13(8-15)18-14/h2-7H,9,16H2,1H3,(H,17,18). The van der Waals surface area contributed by atoms with Crippen LogP contribution in [0.25, 0.3) is 0 Å². The summed E-state index contributed by atoms with van der Waals surface area (Å²) in [6.07, 6.45) is 0. The molecular weight excluding hydrogens is 224 g/mol. The van der Waals surface area contributed by atoms with E-state index in [1.54, 1.807) is 12.1 Å². The zero-order valence-electron chi connectivity index (χ0n) is 10.1. The van der Waals surface area contributed by atoms with Crippen LogP contribution < -0.4 is 11.1 Å². The third kappa shape index (κ3) is 2.58. The van der Waals surface area contributed by atoms with Crippen molar-refractivity contribution in [2.75, 3.05) is 11.1 Å². The number of nitriles is 1. The van der Waals surface area contributed by atoms with E-state index >= 15 is 0 Å². The van der Waals surface area contributed by atoms with Crippen molar-refractivity contribution in [1.82, 2.24) is 4.98 Å². The van der Waals surface area contributed by atoms with Crippen LogP contribution in [-0.2, 0) is 6.54 Å². The first kappa shape index (κ1) is 11.9. The van der Waals surface area contributed by atoms with E-state index in [9.17, 15) is 0 Å². The Bertz CT molecular complexity index is 599. The average Bonchev–Trinajstić information content (AvgIpc) is 2.39. The molecule has 2 aromatic rings. The van der Waals surface area contributed by atoms with Crippen LogP contribution in [0.3, 0.4) is 0 Å². The molecule has 1 aromatic carbocycles. The number of nitrogens with two attached hydrogens (primary N) is 1. The zero-order valence-corrected chi connectivity index (χ0v) is 10.1.